The van der Waals surface area contributed by atoms with Gasteiger partial charge in [-0.15, -0.1) is 11.6 Å². The number of hydrogen-bond donors (Lipinski definition) is 0. The number of nitrogens with zero attached hydrogens (tertiary/aromatic N) is 3. The Balaban J connectivity index is 2.18. The van der Waals surface area contributed by atoms with Crippen molar-refractivity contribution in [3.63, 3.8) is 0 Å². The van der Waals surface area contributed by atoms with Crippen LogP contribution in [0.15, 0.2) is 16.7 Å². The third-order valence-electron chi connectivity index (χ3n) is 4.40. The van der Waals surface area contributed by atoms with E-state index in [4.69, 9.17) is 16.6 Å². The molecular formula is C15H19BrClN3. The molecule has 0 aliphatic heterocycles. The van der Waals surface area contributed by atoms with Gasteiger partial charge in [0.1, 0.15) is 11.3 Å². The first-order chi connectivity index (χ1) is 9.53. The molecule has 0 N–H and O–H groups in total. The van der Waals surface area contributed by atoms with Crippen LogP contribution in [0.1, 0.15) is 45.0 Å². The largest absolute Gasteiger partial charge is 0.309 e. The van der Waals surface area contributed by atoms with Crippen LogP contribution in [-0.2, 0) is 6.42 Å². The minimum Gasteiger partial charge on any atom is -0.309 e. The van der Waals surface area contributed by atoms with Gasteiger partial charge in [-0.2, -0.15) is 0 Å². The normalized spacial score (nSPS) is 21.7. The quantitative estimate of drug-likeness (QED) is 0.745. The number of hydrogen-bond acceptors (Lipinski definition) is 2. The van der Waals surface area contributed by atoms with Gasteiger partial charge in [0.05, 0.1) is 0 Å². The lowest BCUT2D eigenvalue weighted by atomic mass is 9.87. The molecule has 0 amide bonds. The minimum absolute atomic E-state index is 0.295. The molecule has 3 rings (SSSR count). The summed E-state index contributed by atoms with van der Waals surface area (Å²) in [5, 5.41) is 0. The van der Waals surface area contributed by atoms with Crippen molar-refractivity contribution in [1.82, 2.24) is 14.5 Å². The predicted octanol–water partition coefficient (Wildman–Crippen LogP) is 4.73. The van der Waals surface area contributed by atoms with Crippen molar-refractivity contribution < 1.29 is 0 Å². The number of fused-ring (bicyclic) bond motifs is 1. The van der Waals surface area contributed by atoms with E-state index in [1.165, 1.54) is 19.3 Å². The Labute approximate surface area is 132 Å². The zero-order valence-corrected chi connectivity index (χ0v) is 14.2. The zero-order valence-electron chi connectivity index (χ0n) is 11.9. The fraction of sp³-hybridized carbons (Fsp3) is 0.600. The number of pyridine rings is 1. The molecule has 3 nitrogen and oxygen atoms in total. The van der Waals surface area contributed by atoms with Gasteiger partial charge in [0.2, 0.25) is 0 Å². The lowest BCUT2D eigenvalue weighted by Gasteiger charge is -2.29. The molecule has 0 aromatic carbocycles. The van der Waals surface area contributed by atoms with E-state index >= 15 is 0 Å². The molecule has 5 heteroatoms. The minimum atomic E-state index is 0.295. The molecule has 1 unspecified atom stereocenters. The Hall–Kier alpha value is -0.610. The van der Waals surface area contributed by atoms with Gasteiger partial charge < -0.3 is 4.57 Å². The van der Waals surface area contributed by atoms with Gasteiger partial charge in [-0.05, 0) is 40.3 Å². The molecule has 1 atom stereocenters. The van der Waals surface area contributed by atoms with Crippen LogP contribution in [-0.4, -0.2) is 20.4 Å². The highest BCUT2D eigenvalue weighted by atomic mass is 79.9. The highest BCUT2D eigenvalue weighted by Gasteiger charge is 2.37. The Bertz CT molecular complexity index is 635. The van der Waals surface area contributed by atoms with E-state index in [1.54, 1.807) is 0 Å². The van der Waals surface area contributed by atoms with Gasteiger partial charge in [-0.3, -0.25) is 0 Å². The second-order valence-corrected chi connectivity index (χ2v) is 7.52. The second-order valence-electron chi connectivity index (χ2n) is 6.23. The van der Waals surface area contributed by atoms with Gasteiger partial charge in [-0.1, -0.05) is 20.3 Å². The predicted molar refractivity (Wildman–Crippen MR) is 86.3 cm³/mol. The molecule has 2 heterocycles. The van der Waals surface area contributed by atoms with Gasteiger partial charge in [0.25, 0.3) is 0 Å². The van der Waals surface area contributed by atoms with Crippen molar-refractivity contribution in [2.45, 2.75) is 45.6 Å². The first-order valence-corrected chi connectivity index (χ1v) is 8.44. The van der Waals surface area contributed by atoms with E-state index in [2.05, 4.69) is 39.3 Å². The molecule has 20 heavy (non-hydrogen) atoms. The molecule has 2 aromatic rings. The monoisotopic (exact) mass is 355 g/mol. The van der Waals surface area contributed by atoms with Crippen LogP contribution in [0.4, 0.5) is 0 Å². The lowest BCUT2D eigenvalue weighted by Crippen LogP contribution is -2.23. The Morgan fingerprint density at radius 3 is 2.95 bits per heavy atom. The first-order valence-electron chi connectivity index (χ1n) is 7.11. The van der Waals surface area contributed by atoms with E-state index < -0.39 is 0 Å². The number of halogens is 2. The molecule has 2 aromatic heterocycles. The molecule has 1 aliphatic carbocycles. The standard InChI is InChI=1S/C15H19BrClN3/c1-15(2)6-3-4-12(15)20-13(5-7-17)19-11-8-10(16)9-18-14(11)20/h8-9,12H,3-7H2,1-2H3. The second kappa shape index (κ2) is 5.30. The molecule has 108 valence electrons. The third kappa shape index (κ3) is 2.37. The van der Waals surface area contributed by atoms with Gasteiger partial charge >= 0.3 is 0 Å². The Morgan fingerprint density at radius 2 is 2.30 bits per heavy atom. The van der Waals surface area contributed by atoms with Crippen molar-refractivity contribution in [3.8, 4) is 0 Å². The van der Waals surface area contributed by atoms with Crippen molar-refractivity contribution in [1.29, 1.82) is 0 Å². The Kier molecular flexibility index (Phi) is 3.80. The summed E-state index contributed by atoms with van der Waals surface area (Å²) in [4.78, 5) is 9.36. The third-order valence-corrected chi connectivity index (χ3v) is 5.02. The average Bonchev–Trinajstić information content (AvgIpc) is 2.88. The van der Waals surface area contributed by atoms with Crippen LogP contribution in [0.5, 0.6) is 0 Å². The summed E-state index contributed by atoms with van der Waals surface area (Å²) in [5.74, 6) is 1.66. The fourth-order valence-electron chi connectivity index (χ4n) is 3.38. The zero-order chi connectivity index (χ0) is 14.3. The smallest absolute Gasteiger partial charge is 0.160 e. The van der Waals surface area contributed by atoms with Crippen molar-refractivity contribution >= 4 is 38.7 Å². The van der Waals surface area contributed by atoms with Gasteiger partial charge in [0, 0.05) is 29.0 Å². The highest BCUT2D eigenvalue weighted by molar-refractivity contribution is 9.10. The number of aromatic nitrogens is 3. The van der Waals surface area contributed by atoms with Crippen LogP contribution in [0, 0.1) is 5.41 Å². The summed E-state index contributed by atoms with van der Waals surface area (Å²) < 4.78 is 3.31. The van der Waals surface area contributed by atoms with E-state index in [9.17, 15) is 0 Å². The van der Waals surface area contributed by atoms with Crippen LogP contribution in [0.2, 0.25) is 0 Å². The van der Waals surface area contributed by atoms with Crippen molar-refractivity contribution in [2.75, 3.05) is 5.88 Å². The SMILES string of the molecule is CC1(C)CCCC1n1c(CCCl)nc2cc(Br)cnc21. The first kappa shape index (κ1) is 14.3. The summed E-state index contributed by atoms with van der Waals surface area (Å²) in [6.45, 7) is 4.69. The molecule has 0 saturated heterocycles. The van der Waals surface area contributed by atoms with Crippen LogP contribution >= 0.6 is 27.5 Å². The molecule has 1 fully saturated rings. The molecule has 0 radical (unpaired) electrons. The maximum absolute atomic E-state index is 5.96. The number of aryl methyl sites for hydroxylation is 1. The topological polar surface area (TPSA) is 30.7 Å². The summed E-state index contributed by atoms with van der Waals surface area (Å²) >= 11 is 9.43. The number of alkyl halides is 1. The van der Waals surface area contributed by atoms with E-state index in [1.807, 2.05) is 12.3 Å². The van der Waals surface area contributed by atoms with Crippen molar-refractivity contribution in [2.24, 2.45) is 5.41 Å². The van der Waals surface area contributed by atoms with Crippen LogP contribution in [0.25, 0.3) is 11.2 Å². The van der Waals surface area contributed by atoms with E-state index in [-0.39, 0.29) is 0 Å². The van der Waals surface area contributed by atoms with Gasteiger partial charge in [-0.25, -0.2) is 9.97 Å². The number of rotatable bonds is 3. The molecule has 1 aliphatic rings. The average molecular weight is 357 g/mol. The van der Waals surface area contributed by atoms with Crippen LogP contribution < -0.4 is 0 Å². The maximum atomic E-state index is 5.96. The lowest BCUT2D eigenvalue weighted by molar-refractivity contribution is 0.260. The molecule has 0 spiro atoms. The Morgan fingerprint density at radius 1 is 1.50 bits per heavy atom. The summed E-state index contributed by atoms with van der Waals surface area (Å²) in [6, 6.07) is 2.51. The summed E-state index contributed by atoms with van der Waals surface area (Å²) in [5.41, 5.74) is 2.25. The summed E-state index contributed by atoms with van der Waals surface area (Å²) in [7, 11) is 0. The maximum Gasteiger partial charge on any atom is 0.160 e. The molecular weight excluding hydrogens is 338 g/mol. The fourth-order valence-corrected chi connectivity index (χ4v) is 3.87. The highest BCUT2D eigenvalue weighted by Crippen LogP contribution is 2.47. The van der Waals surface area contributed by atoms with Crippen molar-refractivity contribution in [3.05, 3.63) is 22.6 Å². The van der Waals surface area contributed by atoms with E-state index in [0.29, 0.717) is 17.3 Å². The number of imidazole rings is 1. The molecule has 1 saturated carbocycles. The van der Waals surface area contributed by atoms with Gasteiger partial charge in [0.15, 0.2) is 5.65 Å². The van der Waals surface area contributed by atoms with Crippen LogP contribution in [0.3, 0.4) is 0 Å². The van der Waals surface area contributed by atoms with E-state index in [0.717, 1.165) is 27.9 Å². The molecule has 0 bridgehead atoms. The summed E-state index contributed by atoms with van der Waals surface area (Å²) in [6.07, 6.45) is 6.38.